The first-order valence-corrected chi connectivity index (χ1v) is 10.0. The zero-order valence-electron chi connectivity index (χ0n) is 16.4. The third-order valence-corrected chi connectivity index (χ3v) is 5.89. The quantitative estimate of drug-likeness (QED) is 0.785. The van der Waals surface area contributed by atoms with E-state index in [0.29, 0.717) is 25.2 Å². The van der Waals surface area contributed by atoms with E-state index in [9.17, 15) is 19.1 Å². The van der Waals surface area contributed by atoms with Gasteiger partial charge < -0.3 is 14.9 Å². The third kappa shape index (κ3) is 3.97. The van der Waals surface area contributed by atoms with Crippen molar-refractivity contribution in [3.05, 3.63) is 47.5 Å². The van der Waals surface area contributed by atoms with Crippen LogP contribution >= 0.6 is 0 Å². The maximum atomic E-state index is 13.7. The summed E-state index contributed by atoms with van der Waals surface area (Å²) in [6, 6.07) is 3.85. The molecule has 29 heavy (non-hydrogen) atoms. The van der Waals surface area contributed by atoms with Gasteiger partial charge in [0.05, 0.1) is 12.2 Å². The number of hydrogen-bond donors (Lipinski definition) is 1. The minimum Gasteiger partial charge on any atom is -0.508 e. The molecule has 2 unspecified atom stereocenters. The predicted octanol–water partition coefficient (Wildman–Crippen LogP) is 2.33. The summed E-state index contributed by atoms with van der Waals surface area (Å²) in [6.45, 7) is 1.41. The molecule has 3 heterocycles. The SMILES string of the molecule is Cn1cc(C2CCCN2C(=O)C(=O)N2CCCC(c3cc(O)cc(F)c3)C2)cn1. The molecule has 8 heteroatoms. The second-order valence-corrected chi connectivity index (χ2v) is 7.94. The van der Waals surface area contributed by atoms with E-state index in [1.807, 2.05) is 13.2 Å². The van der Waals surface area contributed by atoms with Crippen LogP contribution in [0.1, 0.15) is 48.8 Å². The molecule has 0 spiro atoms. The number of aromatic hydroxyl groups is 1. The van der Waals surface area contributed by atoms with Crippen LogP contribution in [0.15, 0.2) is 30.6 Å². The number of piperidine rings is 1. The summed E-state index contributed by atoms with van der Waals surface area (Å²) in [6.07, 6.45) is 6.80. The molecule has 2 saturated heterocycles. The monoisotopic (exact) mass is 400 g/mol. The normalized spacial score (nSPS) is 22.1. The maximum Gasteiger partial charge on any atom is 0.312 e. The van der Waals surface area contributed by atoms with E-state index in [-0.39, 0.29) is 17.7 Å². The van der Waals surface area contributed by atoms with Crippen LogP contribution in [-0.2, 0) is 16.6 Å². The highest BCUT2D eigenvalue weighted by Crippen LogP contribution is 2.33. The van der Waals surface area contributed by atoms with Crippen molar-refractivity contribution in [3.8, 4) is 5.75 Å². The van der Waals surface area contributed by atoms with Crippen molar-refractivity contribution in [1.82, 2.24) is 19.6 Å². The molecule has 1 aromatic carbocycles. The number of nitrogens with zero attached hydrogens (tertiary/aromatic N) is 4. The molecule has 0 bridgehead atoms. The number of aryl methyl sites for hydroxylation is 1. The Balaban J connectivity index is 1.47. The lowest BCUT2D eigenvalue weighted by atomic mass is 9.90. The highest BCUT2D eigenvalue weighted by atomic mass is 19.1. The van der Waals surface area contributed by atoms with Crippen LogP contribution in [0.2, 0.25) is 0 Å². The molecule has 2 atom stereocenters. The first kappa shape index (κ1) is 19.4. The van der Waals surface area contributed by atoms with Gasteiger partial charge in [-0.2, -0.15) is 5.10 Å². The van der Waals surface area contributed by atoms with Crippen LogP contribution in [-0.4, -0.2) is 56.1 Å². The van der Waals surface area contributed by atoms with E-state index in [1.54, 1.807) is 20.7 Å². The molecular formula is C21H25FN4O3. The molecule has 0 radical (unpaired) electrons. The van der Waals surface area contributed by atoms with Crippen molar-refractivity contribution >= 4 is 11.8 Å². The number of benzene rings is 1. The van der Waals surface area contributed by atoms with Crippen molar-refractivity contribution in [1.29, 1.82) is 0 Å². The lowest BCUT2D eigenvalue weighted by molar-refractivity contribution is -0.153. The summed E-state index contributed by atoms with van der Waals surface area (Å²) in [5.41, 5.74) is 1.60. The number of likely N-dealkylation sites (tertiary alicyclic amines) is 2. The van der Waals surface area contributed by atoms with E-state index in [1.165, 1.54) is 12.1 Å². The molecule has 2 aliphatic rings. The highest BCUT2D eigenvalue weighted by molar-refractivity contribution is 6.35. The third-order valence-electron chi connectivity index (χ3n) is 5.89. The van der Waals surface area contributed by atoms with E-state index >= 15 is 0 Å². The Morgan fingerprint density at radius 2 is 1.90 bits per heavy atom. The molecule has 2 aromatic rings. The van der Waals surface area contributed by atoms with E-state index < -0.39 is 17.6 Å². The highest BCUT2D eigenvalue weighted by Gasteiger charge is 2.37. The van der Waals surface area contributed by atoms with Crippen LogP contribution in [0, 0.1) is 5.82 Å². The second kappa shape index (κ2) is 7.85. The second-order valence-electron chi connectivity index (χ2n) is 7.94. The van der Waals surface area contributed by atoms with E-state index in [2.05, 4.69) is 5.10 Å². The van der Waals surface area contributed by atoms with Gasteiger partial charge in [0, 0.05) is 50.4 Å². The zero-order valence-corrected chi connectivity index (χ0v) is 16.4. The van der Waals surface area contributed by atoms with Gasteiger partial charge >= 0.3 is 11.8 Å². The van der Waals surface area contributed by atoms with Crippen LogP contribution in [0.25, 0.3) is 0 Å². The summed E-state index contributed by atoms with van der Waals surface area (Å²) < 4.78 is 15.4. The number of carbonyl (C=O) groups is 2. The number of hydrogen-bond acceptors (Lipinski definition) is 4. The first-order valence-electron chi connectivity index (χ1n) is 10.0. The fourth-order valence-corrected chi connectivity index (χ4v) is 4.49. The van der Waals surface area contributed by atoms with Crippen molar-refractivity contribution in [2.75, 3.05) is 19.6 Å². The minimum absolute atomic E-state index is 0.102. The van der Waals surface area contributed by atoms with Gasteiger partial charge in [0.25, 0.3) is 0 Å². The lowest BCUT2D eigenvalue weighted by Gasteiger charge is -2.34. The number of phenols is 1. The van der Waals surface area contributed by atoms with Crippen molar-refractivity contribution in [2.24, 2.45) is 7.05 Å². The molecule has 1 N–H and O–H groups in total. The Hall–Kier alpha value is -2.90. The van der Waals surface area contributed by atoms with Gasteiger partial charge in [0.2, 0.25) is 0 Å². The summed E-state index contributed by atoms with van der Waals surface area (Å²) >= 11 is 0. The van der Waals surface area contributed by atoms with Gasteiger partial charge in [-0.25, -0.2) is 4.39 Å². The molecule has 1 aromatic heterocycles. The fourth-order valence-electron chi connectivity index (χ4n) is 4.49. The van der Waals surface area contributed by atoms with Gasteiger partial charge in [-0.3, -0.25) is 14.3 Å². The van der Waals surface area contributed by atoms with E-state index in [0.717, 1.165) is 37.3 Å². The number of rotatable bonds is 2. The average molecular weight is 400 g/mol. The lowest BCUT2D eigenvalue weighted by Crippen LogP contribution is -2.48. The minimum atomic E-state index is -0.508. The Bertz CT molecular complexity index is 908. The van der Waals surface area contributed by atoms with Gasteiger partial charge in [0.1, 0.15) is 11.6 Å². The number of halogens is 1. The Morgan fingerprint density at radius 3 is 2.62 bits per heavy atom. The van der Waals surface area contributed by atoms with E-state index in [4.69, 9.17) is 0 Å². The number of amides is 2. The van der Waals surface area contributed by atoms with Crippen LogP contribution in [0.3, 0.4) is 0 Å². The van der Waals surface area contributed by atoms with Gasteiger partial charge in [-0.05, 0) is 43.4 Å². The van der Waals surface area contributed by atoms with Crippen molar-refractivity contribution in [3.63, 3.8) is 0 Å². The average Bonchev–Trinajstić information content (AvgIpc) is 3.35. The molecule has 2 fully saturated rings. The molecule has 4 rings (SSSR count). The topological polar surface area (TPSA) is 78.7 Å². The Kier molecular flexibility index (Phi) is 5.25. The largest absolute Gasteiger partial charge is 0.508 e. The van der Waals surface area contributed by atoms with Gasteiger partial charge in [-0.15, -0.1) is 0 Å². The predicted molar refractivity (Wildman–Crippen MR) is 104 cm³/mol. The van der Waals surface area contributed by atoms with Crippen molar-refractivity contribution < 1.29 is 19.1 Å². The Morgan fingerprint density at radius 1 is 1.10 bits per heavy atom. The molecule has 0 aliphatic carbocycles. The summed E-state index contributed by atoms with van der Waals surface area (Å²) in [4.78, 5) is 29.2. The maximum absolute atomic E-state index is 13.7. The standard InChI is InChI=1S/C21H25FN4O3/c1-24-12-16(11-23-24)19-5-3-7-26(19)21(29)20(28)25-6-2-4-14(13-25)15-8-17(22)10-18(27)9-15/h8-12,14,19,27H,2-7,13H2,1H3. The molecule has 154 valence electrons. The van der Waals surface area contributed by atoms with Crippen LogP contribution in [0.4, 0.5) is 4.39 Å². The van der Waals surface area contributed by atoms with Crippen LogP contribution < -0.4 is 0 Å². The molecule has 0 saturated carbocycles. The molecule has 2 amide bonds. The first-order chi connectivity index (χ1) is 13.9. The Labute approximate surface area is 168 Å². The molecular weight excluding hydrogens is 375 g/mol. The molecule has 7 nitrogen and oxygen atoms in total. The summed E-state index contributed by atoms with van der Waals surface area (Å²) in [5, 5.41) is 13.9. The smallest absolute Gasteiger partial charge is 0.312 e. The number of carbonyl (C=O) groups excluding carboxylic acids is 2. The zero-order chi connectivity index (χ0) is 20.5. The van der Waals surface area contributed by atoms with Gasteiger partial charge in [-0.1, -0.05) is 0 Å². The summed E-state index contributed by atoms with van der Waals surface area (Å²) in [7, 11) is 1.83. The number of phenolic OH excluding ortho intramolecular Hbond substituents is 1. The summed E-state index contributed by atoms with van der Waals surface area (Å²) in [5.74, 6) is -1.73. The van der Waals surface area contributed by atoms with Crippen LogP contribution in [0.5, 0.6) is 5.75 Å². The molecule has 2 aliphatic heterocycles. The van der Waals surface area contributed by atoms with Gasteiger partial charge in [0.15, 0.2) is 0 Å². The van der Waals surface area contributed by atoms with Crippen molar-refractivity contribution in [2.45, 2.75) is 37.6 Å². The fraction of sp³-hybridized carbons (Fsp3) is 0.476. The number of aromatic nitrogens is 2.